The van der Waals surface area contributed by atoms with E-state index in [1.165, 1.54) is 16.3 Å². The molecule has 2 N–H and O–H groups in total. The number of carbonyl (C=O) groups excluding carboxylic acids is 1. The number of amides is 1. The van der Waals surface area contributed by atoms with E-state index in [2.05, 4.69) is 35.6 Å². The number of nitrogens with one attached hydrogen (secondary N) is 1. The number of carbonyl (C=O) groups is 2. The lowest BCUT2D eigenvalue weighted by molar-refractivity contribution is -0.137. The van der Waals surface area contributed by atoms with E-state index in [0.717, 1.165) is 12.8 Å². The van der Waals surface area contributed by atoms with Gasteiger partial charge in [0.05, 0.1) is 0 Å². The molecule has 0 fully saturated rings. The largest absolute Gasteiger partial charge is 0.481 e. The van der Waals surface area contributed by atoms with Gasteiger partial charge in [0, 0.05) is 19.4 Å². The second-order valence-electron chi connectivity index (χ2n) is 5.38. The zero-order valence-corrected chi connectivity index (χ0v) is 12.5. The molecule has 0 aliphatic rings. The highest BCUT2D eigenvalue weighted by Crippen LogP contribution is 2.16. The third-order valence-corrected chi connectivity index (χ3v) is 3.57. The first-order chi connectivity index (χ1) is 10.6. The van der Waals surface area contributed by atoms with Crippen LogP contribution in [0.25, 0.3) is 10.8 Å². The Balaban J connectivity index is 1.69. The second-order valence-corrected chi connectivity index (χ2v) is 5.38. The Morgan fingerprint density at radius 3 is 2.50 bits per heavy atom. The van der Waals surface area contributed by atoms with Crippen LogP contribution in [0.1, 0.15) is 31.2 Å². The summed E-state index contributed by atoms with van der Waals surface area (Å²) in [7, 11) is 0. The van der Waals surface area contributed by atoms with Crippen molar-refractivity contribution in [2.75, 3.05) is 6.54 Å². The first-order valence-electron chi connectivity index (χ1n) is 7.61. The zero-order valence-electron chi connectivity index (χ0n) is 12.5. The highest BCUT2D eigenvalue weighted by atomic mass is 16.4. The molecule has 0 aromatic heterocycles. The first-order valence-corrected chi connectivity index (χ1v) is 7.61. The molecule has 0 bridgehead atoms. The Bertz CT molecular complexity index is 652. The van der Waals surface area contributed by atoms with Crippen molar-refractivity contribution in [3.8, 4) is 0 Å². The maximum atomic E-state index is 11.5. The molecule has 4 heteroatoms. The molecule has 22 heavy (non-hydrogen) atoms. The van der Waals surface area contributed by atoms with E-state index in [4.69, 9.17) is 5.11 Å². The quantitative estimate of drug-likeness (QED) is 0.736. The van der Waals surface area contributed by atoms with Gasteiger partial charge in [-0.2, -0.15) is 0 Å². The van der Waals surface area contributed by atoms with Crippen molar-refractivity contribution in [1.82, 2.24) is 5.32 Å². The van der Waals surface area contributed by atoms with Gasteiger partial charge in [-0.15, -0.1) is 0 Å². The van der Waals surface area contributed by atoms with Gasteiger partial charge in [-0.25, -0.2) is 0 Å². The van der Waals surface area contributed by atoms with E-state index < -0.39 is 5.97 Å². The molecular weight excluding hydrogens is 278 g/mol. The van der Waals surface area contributed by atoms with Gasteiger partial charge in [0.2, 0.25) is 5.91 Å². The van der Waals surface area contributed by atoms with Crippen LogP contribution in [-0.4, -0.2) is 23.5 Å². The molecule has 0 atom stereocenters. The molecule has 0 spiro atoms. The lowest BCUT2D eigenvalue weighted by Gasteiger charge is -2.06. The van der Waals surface area contributed by atoms with E-state index in [9.17, 15) is 9.59 Å². The van der Waals surface area contributed by atoms with Crippen molar-refractivity contribution in [1.29, 1.82) is 0 Å². The van der Waals surface area contributed by atoms with Crippen LogP contribution in [0, 0.1) is 0 Å². The van der Waals surface area contributed by atoms with Crippen molar-refractivity contribution in [2.45, 2.75) is 32.1 Å². The Morgan fingerprint density at radius 2 is 1.73 bits per heavy atom. The number of carboxylic acid groups (broad SMARTS) is 1. The van der Waals surface area contributed by atoms with Crippen molar-refractivity contribution < 1.29 is 14.7 Å². The highest BCUT2D eigenvalue weighted by Gasteiger charge is 2.03. The van der Waals surface area contributed by atoms with Crippen LogP contribution in [0.5, 0.6) is 0 Å². The lowest BCUT2D eigenvalue weighted by Crippen LogP contribution is -2.24. The fourth-order valence-electron chi connectivity index (χ4n) is 2.40. The third kappa shape index (κ3) is 5.20. The average molecular weight is 299 g/mol. The maximum absolute atomic E-state index is 11.5. The summed E-state index contributed by atoms with van der Waals surface area (Å²) >= 11 is 0. The normalized spacial score (nSPS) is 10.5. The fraction of sp³-hybridized carbons (Fsp3) is 0.333. The van der Waals surface area contributed by atoms with Crippen LogP contribution >= 0.6 is 0 Å². The van der Waals surface area contributed by atoms with Crippen molar-refractivity contribution in [3.05, 3.63) is 48.0 Å². The summed E-state index contributed by atoms with van der Waals surface area (Å²) in [5, 5.41) is 13.8. The van der Waals surface area contributed by atoms with Gasteiger partial charge in [0.15, 0.2) is 0 Å². The zero-order chi connectivity index (χ0) is 15.8. The van der Waals surface area contributed by atoms with Crippen LogP contribution in [0.15, 0.2) is 42.5 Å². The summed E-state index contributed by atoms with van der Waals surface area (Å²) in [6.45, 7) is 0.624. The summed E-state index contributed by atoms with van der Waals surface area (Å²) in [6.07, 6.45) is 2.52. The maximum Gasteiger partial charge on any atom is 0.303 e. The van der Waals surface area contributed by atoms with E-state index in [1.807, 2.05) is 12.1 Å². The Hall–Kier alpha value is -2.36. The minimum absolute atomic E-state index is 0.0461. The molecule has 2 aromatic rings. The molecule has 0 aliphatic carbocycles. The summed E-state index contributed by atoms with van der Waals surface area (Å²) in [6, 6.07) is 14.7. The summed E-state index contributed by atoms with van der Waals surface area (Å²) in [5.74, 6) is -0.927. The minimum Gasteiger partial charge on any atom is -0.481 e. The summed E-state index contributed by atoms with van der Waals surface area (Å²) in [5.41, 5.74) is 1.26. The lowest BCUT2D eigenvalue weighted by atomic mass is 10.0. The van der Waals surface area contributed by atoms with Crippen molar-refractivity contribution in [3.63, 3.8) is 0 Å². The van der Waals surface area contributed by atoms with Gasteiger partial charge < -0.3 is 10.4 Å². The topological polar surface area (TPSA) is 66.4 Å². The fourth-order valence-corrected chi connectivity index (χ4v) is 2.40. The van der Waals surface area contributed by atoms with Crippen LogP contribution < -0.4 is 5.32 Å². The monoisotopic (exact) mass is 299 g/mol. The van der Waals surface area contributed by atoms with Gasteiger partial charge in [-0.1, -0.05) is 42.5 Å². The molecule has 0 heterocycles. The molecule has 4 nitrogen and oxygen atoms in total. The molecule has 1 amide bonds. The predicted octanol–water partition coefficient (Wildman–Crippen LogP) is 3.14. The standard InChI is InChI=1S/C18H21NO3/c20-17(8-3-9-18(21)22)19-12-4-5-14-10-11-15-6-1-2-7-16(15)13-14/h1-2,6-7,10-11,13H,3-5,8-9,12H2,(H,19,20)(H,21,22). The van der Waals surface area contributed by atoms with E-state index in [1.54, 1.807) is 0 Å². The smallest absolute Gasteiger partial charge is 0.303 e. The molecule has 0 saturated heterocycles. The van der Waals surface area contributed by atoms with Gasteiger partial charge >= 0.3 is 5.97 Å². The average Bonchev–Trinajstić information content (AvgIpc) is 2.51. The second kappa shape index (κ2) is 8.17. The predicted molar refractivity (Wildman–Crippen MR) is 86.8 cm³/mol. The van der Waals surface area contributed by atoms with E-state index in [0.29, 0.717) is 13.0 Å². The molecular formula is C18H21NO3. The Morgan fingerprint density at radius 1 is 0.955 bits per heavy atom. The number of aryl methyl sites for hydroxylation is 1. The molecule has 2 aromatic carbocycles. The van der Waals surface area contributed by atoms with Crippen LogP contribution in [0.4, 0.5) is 0 Å². The molecule has 116 valence electrons. The molecule has 0 saturated carbocycles. The molecule has 0 unspecified atom stereocenters. The number of hydrogen-bond acceptors (Lipinski definition) is 2. The van der Waals surface area contributed by atoms with E-state index >= 15 is 0 Å². The van der Waals surface area contributed by atoms with Gasteiger partial charge in [0.25, 0.3) is 0 Å². The van der Waals surface area contributed by atoms with E-state index in [-0.39, 0.29) is 18.7 Å². The highest BCUT2D eigenvalue weighted by molar-refractivity contribution is 5.83. The SMILES string of the molecule is O=C(O)CCCC(=O)NCCCc1ccc2ccccc2c1. The summed E-state index contributed by atoms with van der Waals surface area (Å²) < 4.78 is 0. The number of benzene rings is 2. The number of aliphatic carboxylic acids is 1. The van der Waals surface area contributed by atoms with Crippen molar-refractivity contribution >= 4 is 22.6 Å². The number of carboxylic acids is 1. The number of fused-ring (bicyclic) bond motifs is 1. The first kappa shape index (κ1) is 16.0. The van der Waals surface area contributed by atoms with Gasteiger partial charge in [0.1, 0.15) is 0 Å². The van der Waals surface area contributed by atoms with Crippen LogP contribution in [0.3, 0.4) is 0 Å². The Kier molecular flexibility index (Phi) is 5.95. The van der Waals surface area contributed by atoms with Crippen LogP contribution in [0.2, 0.25) is 0 Å². The third-order valence-electron chi connectivity index (χ3n) is 3.57. The summed E-state index contributed by atoms with van der Waals surface area (Å²) in [4.78, 5) is 21.9. The molecule has 0 radical (unpaired) electrons. The molecule has 0 aliphatic heterocycles. The van der Waals surface area contributed by atoms with Gasteiger partial charge in [-0.05, 0) is 35.6 Å². The number of hydrogen-bond donors (Lipinski definition) is 2. The number of rotatable bonds is 8. The Labute approximate surface area is 130 Å². The molecule has 2 rings (SSSR count). The van der Waals surface area contributed by atoms with Crippen LogP contribution in [-0.2, 0) is 16.0 Å². The van der Waals surface area contributed by atoms with Crippen molar-refractivity contribution in [2.24, 2.45) is 0 Å². The minimum atomic E-state index is -0.857. The van der Waals surface area contributed by atoms with Gasteiger partial charge in [-0.3, -0.25) is 9.59 Å².